The van der Waals surface area contributed by atoms with Gasteiger partial charge >= 0.3 is 0 Å². The Bertz CT molecular complexity index is 961. The summed E-state index contributed by atoms with van der Waals surface area (Å²) in [6.45, 7) is 1.86. The van der Waals surface area contributed by atoms with Gasteiger partial charge in [0.2, 0.25) is 11.9 Å². The van der Waals surface area contributed by atoms with Gasteiger partial charge in [-0.25, -0.2) is 15.0 Å². The summed E-state index contributed by atoms with van der Waals surface area (Å²) >= 11 is 3.35. The van der Waals surface area contributed by atoms with Crippen molar-refractivity contribution in [1.82, 2.24) is 15.0 Å². The number of nitrogens with one attached hydrogen (secondary N) is 2. The standard InChI is InChI=1S/C16H13IN6O2S/c1-9-14(26-16(19-9)22-13(24)8-17)12-5-6-18-15(21-12)20-10-3-2-4-11(7-10)23-25/h2-7H,8H2,1H3,(H,18,20,21)(H,19,22,24). The summed E-state index contributed by atoms with van der Waals surface area (Å²) in [5, 5.41) is 9.25. The number of hydrogen-bond donors (Lipinski definition) is 2. The number of carbonyl (C=O) groups excluding carboxylic acids is 1. The molecule has 2 aromatic heterocycles. The first-order valence-corrected chi connectivity index (χ1v) is 9.80. The van der Waals surface area contributed by atoms with Crippen LogP contribution in [0.25, 0.3) is 10.6 Å². The lowest BCUT2D eigenvalue weighted by Crippen LogP contribution is -2.11. The Morgan fingerprint density at radius 3 is 2.92 bits per heavy atom. The fraction of sp³-hybridized carbons (Fsp3) is 0.125. The molecule has 0 unspecified atom stereocenters. The lowest BCUT2D eigenvalue weighted by Gasteiger charge is -2.06. The number of aryl methyl sites for hydroxylation is 1. The summed E-state index contributed by atoms with van der Waals surface area (Å²) in [4.78, 5) is 36.1. The molecule has 2 N–H and O–H groups in total. The Morgan fingerprint density at radius 1 is 1.31 bits per heavy atom. The number of thiazole rings is 1. The van der Waals surface area contributed by atoms with Gasteiger partial charge in [-0.1, -0.05) is 40.0 Å². The van der Waals surface area contributed by atoms with Crippen LogP contribution in [0.2, 0.25) is 0 Å². The van der Waals surface area contributed by atoms with Crippen molar-refractivity contribution in [2.24, 2.45) is 5.18 Å². The third-order valence-electron chi connectivity index (χ3n) is 3.26. The molecule has 1 amide bonds. The van der Waals surface area contributed by atoms with E-state index in [-0.39, 0.29) is 5.91 Å². The van der Waals surface area contributed by atoms with Crippen LogP contribution in [0.5, 0.6) is 0 Å². The van der Waals surface area contributed by atoms with Crippen LogP contribution < -0.4 is 10.6 Å². The molecule has 0 radical (unpaired) electrons. The minimum atomic E-state index is -0.0976. The second-order valence-corrected chi connectivity index (χ2v) is 6.91. The molecular formula is C16H13IN6O2S. The number of hydrogen-bond acceptors (Lipinski definition) is 8. The van der Waals surface area contributed by atoms with Crippen molar-refractivity contribution >= 4 is 62.3 Å². The number of benzene rings is 1. The third-order valence-corrected chi connectivity index (χ3v) is 5.05. The Hall–Kier alpha value is -2.47. The second kappa shape index (κ2) is 8.27. The fourth-order valence-electron chi connectivity index (χ4n) is 2.16. The zero-order chi connectivity index (χ0) is 18.5. The molecule has 0 saturated carbocycles. The van der Waals surface area contributed by atoms with Gasteiger partial charge in [0.1, 0.15) is 5.69 Å². The van der Waals surface area contributed by atoms with E-state index in [0.717, 1.165) is 10.6 Å². The number of anilines is 3. The van der Waals surface area contributed by atoms with Crippen molar-refractivity contribution in [3.63, 3.8) is 0 Å². The van der Waals surface area contributed by atoms with Gasteiger partial charge in [0, 0.05) is 11.9 Å². The summed E-state index contributed by atoms with van der Waals surface area (Å²) in [6.07, 6.45) is 1.63. The van der Waals surface area contributed by atoms with Crippen LogP contribution in [0.15, 0.2) is 41.7 Å². The number of alkyl halides is 1. The van der Waals surface area contributed by atoms with Crippen LogP contribution >= 0.6 is 33.9 Å². The summed E-state index contributed by atoms with van der Waals surface area (Å²) in [5.41, 5.74) is 2.45. The molecule has 0 fully saturated rings. The first kappa shape index (κ1) is 18.3. The number of amides is 1. The van der Waals surface area contributed by atoms with Gasteiger partial charge in [-0.05, 0) is 36.4 Å². The highest BCUT2D eigenvalue weighted by Gasteiger charge is 2.13. The van der Waals surface area contributed by atoms with Crippen molar-refractivity contribution in [3.05, 3.63) is 47.1 Å². The van der Waals surface area contributed by atoms with E-state index in [1.165, 1.54) is 11.3 Å². The molecule has 0 aliphatic rings. The van der Waals surface area contributed by atoms with Gasteiger partial charge in [-0.3, -0.25) is 4.79 Å². The maximum Gasteiger partial charge on any atom is 0.235 e. The number of rotatable bonds is 6. The lowest BCUT2D eigenvalue weighted by atomic mass is 10.3. The minimum absolute atomic E-state index is 0.0976. The SMILES string of the molecule is Cc1nc(NC(=O)CI)sc1-c1ccnc(Nc2cccc(N=O)c2)n1. The second-order valence-electron chi connectivity index (χ2n) is 5.15. The van der Waals surface area contributed by atoms with E-state index >= 15 is 0 Å². The van der Waals surface area contributed by atoms with E-state index in [4.69, 9.17) is 0 Å². The van der Waals surface area contributed by atoms with Crippen molar-refractivity contribution in [3.8, 4) is 10.6 Å². The van der Waals surface area contributed by atoms with Gasteiger partial charge in [-0.15, -0.1) is 4.91 Å². The number of halogens is 1. The zero-order valence-electron chi connectivity index (χ0n) is 13.6. The van der Waals surface area contributed by atoms with E-state index in [9.17, 15) is 9.70 Å². The zero-order valence-corrected chi connectivity index (χ0v) is 16.5. The predicted octanol–water partition coefficient (Wildman–Crippen LogP) is 4.42. The molecule has 132 valence electrons. The van der Waals surface area contributed by atoms with Crippen LogP contribution in [-0.2, 0) is 4.79 Å². The summed E-state index contributed by atoms with van der Waals surface area (Å²) in [7, 11) is 0. The van der Waals surface area contributed by atoms with Crippen LogP contribution in [0.1, 0.15) is 5.69 Å². The summed E-state index contributed by atoms with van der Waals surface area (Å²) in [6, 6.07) is 8.51. The van der Waals surface area contributed by atoms with Gasteiger partial charge in [0.25, 0.3) is 0 Å². The molecule has 8 nitrogen and oxygen atoms in total. The van der Waals surface area contributed by atoms with Gasteiger partial charge in [0.15, 0.2) is 5.13 Å². The number of nitrogens with zero attached hydrogens (tertiary/aromatic N) is 4. The van der Waals surface area contributed by atoms with Crippen LogP contribution in [0.3, 0.4) is 0 Å². The Morgan fingerprint density at radius 2 is 2.15 bits per heavy atom. The minimum Gasteiger partial charge on any atom is -0.324 e. The molecule has 0 aliphatic heterocycles. The van der Waals surface area contributed by atoms with Crippen molar-refractivity contribution in [1.29, 1.82) is 0 Å². The van der Waals surface area contributed by atoms with Crippen LogP contribution in [0.4, 0.5) is 22.5 Å². The third kappa shape index (κ3) is 4.38. The largest absolute Gasteiger partial charge is 0.324 e. The molecule has 10 heteroatoms. The topological polar surface area (TPSA) is 109 Å². The highest BCUT2D eigenvalue weighted by atomic mass is 127. The molecule has 26 heavy (non-hydrogen) atoms. The number of nitroso groups, excluding NO2 is 1. The normalized spacial score (nSPS) is 10.4. The van der Waals surface area contributed by atoms with Crippen molar-refractivity contribution < 1.29 is 4.79 Å². The maximum atomic E-state index is 11.5. The Kier molecular flexibility index (Phi) is 5.83. The summed E-state index contributed by atoms with van der Waals surface area (Å²) < 4.78 is 0.363. The number of carbonyl (C=O) groups is 1. The molecule has 0 atom stereocenters. The van der Waals surface area contributed by atoms with Crippen LogP contribution in [0, 0.1) is 11.8 Å². The predicted molar refractivity (Wildman–Crippen MR) is 111 cm³/mol. The fourth-order valence-corrected chi connectivity index (χ4v) is 3.30. The van der Waals surface area contributed by atoms with E-state index in [1.807, 2.05) is 29.5 Å². The van der Waals surface area contributed by atoms with Gasteiger partial charge < -0.3 is 10.6 Å². The van der Waals surface area contributed by atoms with Crippen LogP contribution in [-0.4, -0.2) is 25.3 Å². The first-order valence-electron chi connectivity index (χ1n) is 7.46. The average Bonchev–Trinajstić information content (AvgIpc) is 3.02. The van der Waals surface area contributed by atoms with E-state index in [1.54, 1.807) is 36.5 Å². The lowest BCUT2D eigenvalue weighted by molar-refractivity contribution is -0.113. The molecule has 2 heterocycles. The Labute approximate surface area is 166 Å². The number of aromatic nitrogens is 3. The first-order chi connectivity index (χ1) is 12.6. The van der Waals surface area contributed by atoms with E-state index < -0.39 is 0 Å². The average molecular weight is 480 g/mol. The van der Waals surface area contributed by atoms with E-state index in [2.05, 4.69) is 30.8 Å². The quantitative estimate of drug-likeness (QED) is 0.307. The molecule has 0 aliphatic carbocycles. The molecule has 0 spiro atoms. The molecule has 0 bridgehead atoms. The highest BCUT2D eigenvalue weighted by Crippen LogP contribution is 2.32. The monoisotopic (exact) mass is 480 g/mol. The van der Waals surface area contributed by atoms with Gasteiger partial charge in [-0.2, -0.15) is 0 Å². The smallest absolute Gasteiger partial charge is 0.235 e. The Balaban J connectivity index is 1.85. The molecular weight excluding hydrogens is 467 g/mol. The van der Waals surface area contributed by atoms with Crippen molar-refractivity contribution in [2.45, 2.75) is 6.92 Å². The molecule has 3 rings (SSSR count). The molecule has 1 aromatic carbocycles. The highest BCUT2D eigenvalue weighted by molar-refractivity contribution is 14.1. The molecule has 0 saturated heterocycles. The van der Waals surface area contributed by atoms with Gasteiger partial charge in [0.05, 0.1) is 20.7 Å². The van der Waals surface area contributed by atoms with E-state index in [0.29, 0.717) is 32.6 Å². The van der Waals surface area contributed by atoms with Crippen molar-refractivity contribution in [2.75, 3.05) is 15.1 Å². The molecule has 3 aromatic rings. The summed E-state index contributed by atoms with van der Waals surface area (Å²) in [5.74, 6) is 0.288. The maximum absolute atomic E-state index is 11.5.